The Balaban J connectivity index is 2.28. The van der Waals surface area contributed by atoms with Crippen molar-refractivity contribution in [2.75, 3.05) is 6.61 Å². The molecule has 1 N–H and O–H groups in total. The Morgan fingerprint density at radius 1 is 1.25 bits per heavy atom. The van der Waals surface area contributed by atoms with Crippen LogP contribution in [0, 0.1) is 11.3 Å². The van der Waals surface area contributed by atoms with E-state index < -0.39 is 0 Å². The normalized spacial score (nSPS) is 20.4. The van der Waals surface area contributed by atoms with E-state index in [1.165, 1.54) is 38.5 Å². The molecule has 0 heterocycles. The van der Waals surface area contributed by atoms with Crippen molar-refractivity contribution in [1.82, 2.24) is 5.32 Å². The molecule has 1 aliphatic carbocycles. The van der Waals surface area contributed by atoms with E-state index in [9.17, 15) is 5.26 Å². The van der Waals surface area contributed by atoms with Gasteiger partial charge in [0.2, 0.25) is 0 Å². The van der Waals surface area contributed by atoms with E-state index in [0.717, 1.165) is 25.9 Å². The van der Waals surface area contributed by atoms with E-state index >= 15 is 0 Å². The molecule has 0 aliphatic heterocycles. The lowest BCUT2D eigenvalue weighted by Gasteiger charge is -2.29. The Hall–Kier alpha value is -0.590. The second-order valence-electron chi connectivity index (χ2n) is 6.43. The summed E-state index contributed by atoms with van der Waals surface area (Å²) in [4.78, 5) is 0. The highest BCUT2D eigenvalue weighted by molar-refractivity contribution is 5.06. The minimum Gasteiger partial charge on any atom is -0.378 e. The molecule has 0 radical (unpaired) electrons. The first-order valence-corrected chi connectivity index (χ1v) is 8.42. The molecule has 0 aromatic carbocycles. The zero-order chi connectivity index (χ0) is 14.8. The summed E-state index contributed by atoms with van der Waals surface area (Å²) in [7, 11) is 0. The average Bonchev–Trinajstić information content (AvgIpc) is 2.70. The van der Waals surface area contributed by atoms with Crippen molar-refractivity contribution in [1.29, 1.82) is 5.26 Å². The summed E-state index contributed by atoms with van der Waals surface area (Å²) < 4.78 is 6.02. The molecule has 0 aromatic rings. The summed E-state index contributed by atoms with van der Waals surface area (Å²) in [5.74, 6) is 0. The fraction of sp³-hybridized carbons (Fsp3) is 0.941. The average molecular weight is 280 g/mol. The molecule has 1 fully saturated rings. The first-order chi connectivity index (χ1) is 9.62. The van der Waals surface area contributed by atoms with Crippen LogP contribution in [0.4, 0.5) is 0 Å². The van der Waals surface area contributed by atoms with Crippen LogP contribution in [-0.2, 0) is 4.74 Å². The Morgan fingerprint density at radius 3 is 2.40 bits per heavy atom. The first-order valence-electron chi connectivity index (χ1n) is 8.42. The van der Waals surface area contributed by atoms with Crippen molar-refractivity contribution >= 4 is 0 Å². The number of ether oxygens (including phenoxy) is 1. The Morgan fingerprint density at radius 2 is 1.90 bits per heavy atom. The quantitative estimate of drug-likeness (QED) is 0.536. The van der Waals surface area contributed by atoms with Crippen LogP contribution in [0.2, 0.25) is 0 Å². The molecule has 1 atom stereocenters. The molecule has 1 rings (SSSR count). The highest BCUT2D eigenvalue weighted by atomic mass is 16.5. The number of nitrogens with zero attached hydrogens (tertiary/aromatic N) is 1. The Kier molecular flexibility index (Phi) is 8.18. The van der Waals surface area contributed by atoms with E-state index in [2.05, 4.69) is 32.2 Å². The summed E-state index contributed by atoms with van der Waals surface area (Å²) in [6.45, 7) is 7.09. The van der Waals surface area contributed by atoms with Crippen molar-refractivity contribution in [3.05, 3.63) is 0 Å². The standard InChI is InChI=1S/C17H32N2O/c1-4-17(14-18,19-15(2)3)12-9-13-20-16-10-7-5-6-8-11-16/h15-16,19H,4-13H2,1-3H3. The van der Waals surface area contributed by atoms with E-state index in [0.29, 0.717) is 12.1 Å². The third-order valence-corrected chi connectivity index (χ3v) is 4.29. The summed E-state index contributed by atoms with van der Waals surface area (Å²) in [5, 5.41) is 12.9. The molecule has 0 bridgehead atoms. The molecule has 0 spiro atoms. The maximum Gasteiger partial charge on any atom is 0.106 e. The van der Waals surface area contributed by atoms with Crippen LogP contribution in [0.25, 0.3) is 0 Å². The maximum absolute atomic E-state index is 9.46. The van der Waals surface area contributed by atoms with Gasteiger partial charge in [0.1, 0.15) is 5.54 Å². The van der Waals surface area contributed by atoms with Gasteiger partial charge in [0, 0.05) is 12.6 Å². The summed E-state index contributed by atoms with van der Waals surface area (Å²) in [5.41, 5.74) is -0.374. The SMILES string of the molecule is CCC(C#N)(CCCOC1CCCCCC1)NC(C)C. The highest BCUT2D eigenvalue weighted by Crippen LogP contribution is 2.21. The predicted molar refractivity (Wildman–Crippen MR) is 83.6 cm³/mol. The van der Waals surface area contributed by atoms with E-state index in [1.807, 2.05) is 0 Å². The van der Waals surface area contributed by atoms with Gasteiger partial charge in [0.25, 0.3) is 0 Å². The largest absolute Gasteiger partial charge is 0.378 e. The molecule has 0 aromatic heterocycles. The smallest absolute Gasteiger partial charge is 0.106 e. The first kappa shape index (κ1) is 17.5. The zero-order valence-corrected chi connectivity index (χ0v) is 13.6. The van der Waals surface area contributed by atoms with Crippen LogP contribution < -0.4 is 5.32 Å². The van der Waals surface area contributed by atoms with E-state index in [4.69, 9.17) is 4.74 Å². The molecular weight excluding hydrogens is 248 g/mol. The second-order valence-corrected chi connectivity index (χ2v) is 6.43. The summed E-state index contributed by atoms with van der Waals surface area (Å²) in [6, 6.07) is 2.82. The second kappa shape index (κ2) is 9.37. The van der Waals surface area contributed by atoms with Crippen molar-refractivity contribution in [3.8, 4) is 6.07 Å². The van der Waals surface area contributed by atoms with Crippen LogP contribution >= 0.6 is 0 Å². The van der Waals surface area contributed by atoms with Gasteiger partial charge in [-0.25, -0.2) is 0 Å². The minimum absolute atomic E-state index is 0.345. The highest BCUT2D eigenvalue weighted by Gasteiger charge is 2.27. The molecule has 1 saturated carbocycles. The summed E-state index contributed by atoms with van der Waals surface area (Å²) in [6.07, 6.45) is 11.0. The van der Waals surface area contributed by atoms with Crippen molar-refractivity contribution in [2.24, 2.45) is 0 Å². The van der Waals surface area contributed by atoms with Crippen LogP contribution in [0.3, 0.4) is 0 Å². The van der Waals surface area contributed by atoms with Gasteiger partial charge in [-0.15, -0.1) is 0 Å². The third kappa shape index (κ3) is 6.24. The molecule has 116 valence electrons. The maximum atomic E-state index is 9.46. The molecule has 3 heteroatoms. The van der Waals surface area contributed by atoms with Crippen molar-refractivity contribution < 1.29 is 4.74 Å². The lowest BCUT2D eigenvalue weighted by Crippen LogP contribution is -2.47. The number of nitrogens with one attached hydrogen (secondary N) is 1. The lowest BCUT2D eigenvalue weighted by atomic mass is 9.91. The van der Waals surface area contributed by atoms with Crippen LogP contribution in [-0.4, -0.2) is 24.3 Å². The molecule has 1 aliphatic rings. The minimum atomic E-state index is -0.374. The summed E-state index contributed by atoms with van der Waals surface area (Å²) >= 11 is 0. The topological polar surface area (TPSA) is 45.0 Å². The number of hydrogen-bond donors (Lipinski definition) is 1. The van der Waals surface area contributed by atoms with Crippen LogP contribution in [0.15, 0.2) is 0 Å². The van der Waals surface area contributed by atoms with E-state index in [-0.39, 0.29) is 5.54 Å². The number of nitriles is 1. The van der Waals surface area contributed by atoms with Gasteiger partial charge in [-0.1, -0.05) is 32.6 Å². The molecule has 0 amide bonds. The molecule has 0 saturated heterocycles. The van der Waals surface area contributed by atoms with Gasteiger partial charge in [0.05, 0.1) is 12.2 Å². The number of hydrogen-bond acceptors (Lipinski definition) is 3. The molecule has 20 heavy (non-hydrogen) atoms. The van der Waals surface area contributed by atoms with Gasteiger partial charge < -0.3 is 4.74 Å². The molecular formula is C17H32N2O. The Bertz CT molecular complexity index is 290. The van der Waals surface area contributed by atoms with Crippen LogP contribution in [0.1, 0.15) is 78.6 Å². The van der Waals surface area contributed by atoms with Gasteiger partial charge in [0.15, 0.2) is 0 Å². The molecule has 3 nitrogen and oxygen atoms in total. The van der Waals surface area contributed by atoms with E-state index in [1.54, 1.807) is 0 Å². The fourth-order valence-corrected chi connectivity index (χ4v) is 3.10. The van der Waals surface area contributed by atoms with Gasteiger partial charge >= 0.3 is 0 Å². The fourth-order valence-electron chi connectivity index (χ4n) is 3.10. The lowest BCUT2D eigenvalue weighted by molar-refractivity contribution is 0.0384. The zero-order valence-electron chi connectivity index (χ0n) is 13.6. The third-order valence-electron chi connectivity index (χ3n) is 4.29. The van der Waals surface area contributed by atoms with Crippen molar-refractivity contribution in [2.45, 2.75) is 96.2 Å². The predicted octanol–water partition coefficient (Wildman–Crippen LogP) is 4.18. The number of rotatable bonds is 8. The van der Waals surface area contributed by atoms with Gasteiger partial charge in [-0.2, -0.15) is 5.26 Å². The monoisotopic (exact) mass is 280 g/mol. The van der Waals surface area contributed by atoms with Crippen LogP contribution in [0.5, 0.6) is 0 Å². The van der Waals surface area contributed by atoms with Gasteiger partial charge in [-0.3, -0.25) is 5.32 Å². The Labute approximate surface area is 125 Å². The molecule has 1 unspecified atom stereocenters. The van der Waals surface area contributed by atoms with Crippen molar-refractivity contribution in [3.63, 3.8) is 0 Å². The van der Waals surface area contributed by atoms with Gasteiger partial charge in [-0.05, 0) is 46.0 Å².